The minimum absolute atomic E-state index is 0.0131. The van der Waals surface area contributed by atoms with Crippen molar-refractivity contribution in [3.8, 4) is 0 Å². The third kappa shape index (κ3) is 7.78. The Balaban J connectivity index is 1.27. The number of methoxy groups -OCH3 is 1. The molecule has 1 saturated carbocycles. The van der Waals surface area contributed by atoms with E-state index in [1.54, 1.807) is 52.8 Å². The van der Waals surface area contributed by atoms with Gasteiger partial charge in [-0.05, 0) is 86.4 Å². The fraction of sp³-hybridized carbons (Fsp3) is 0.444. The number of sulfonamides is 1. The van der Waals surface area contributed by atoms with Crippen LogP contribution in [-0.4, -0.2) is 75.8 Å². The van der Waals surface area contributed by atoms with Crippen LogP contribution in [0.4, 0.5) is 14.9 Å². The van der Waals surface area contributed by atoms with Gasteiger partial charge in [0.05, 0.1) is 12.0 Å². The average Bonchev–Trinajstić information content (AvgIpc) is 3.87. The van der Waals surface area contributed by atoms with Crippen LogP contribution in [0.3, 0.4) is 0 Å². The second-order valence-electron chi connectivity index (χ2n) is 13.1. The van der Waals surface area contributed by atoms with E-state index < -0.39 is 51.4 Å². The number of hydrogen-bond donors (Lipinski definition) is 3. The summed E-state index contributed by atoms with van der Waals surface area (Å²) in [5.41, 5.74) is 0.822. The molecule has 0 aromatic heterocycles. The van der Waals surface area contributed by atoms with Gasteiger partial charge in [0.25, 0.3) is 0 Å². The molecule has 3 aliphatic rings. The van der Waals surface area contributed by atoms with Gasteiger partial charge in [-0.3, -0.25) is 4.79 Å². The Hall–Kier alpha value is -3.55. The van der Waals surface area contributed by atoms with Crippen molar-refractivity contribution in [2.45, 2.75) is 67.0 Å². The Morgan fingerprint density at radius 2 is 1.78 bits per heavy atom. The molecule has 2 aliphatic heterocycles. The molecule has 0 bridgehead atoms. The summed E-state index contributed by atoms with van der Waals surface area (Å²) in [6.45, 7) is 2.02. The van der Waals surface area contributed by atoms with Crippen molar-refractivity contribution < 1.29 is 31.9 Å². The summed E-state index contributed by atoms with van der Waals surface area (Å²) in [7, 11) is -2.58. The first-order valence-corrected chi connectivity index (χ1v) is 18.5. The van der Waals surface area contributed by atoms with Crippen LogP contribution in [0.15, 0.2) is 77.7 Å². The van der Waals surface area contributed by atoms with Crippen LogP contribution >= 0.6 is 11.6 Å². The number of hydrogen-bond acceptors (Lipinski definition) is 7. The highest BCUT2D eigenvalue weighted by atomic mass is 35.5. The van der Waals surface area contributed by atoms with E-state index >= 15 is 4.39 Å². The summed E-state index contributed by atoms with van der Waals surface area (Å²) in [6.07, 6.45) is 2.56. The Morgan fingerprint density at radius 1 is 1.06 bits per heavy atom. The third-order valence-electron chi connectivity index (χ3n) is 9.99. The third-order valence-corrected chi connectivity index (χ3v) is 12.3. The number of halogens is 2. The van der Waals surface area contributed by atoms with Crippen LogP contribution < -0.4 is 16.0 Å². The fourth-order valence-corrected chi connectivity index (χ4v) is 9.57. The lowest BCUT2D eigenvalue weighted by Crippen LogP contribution is -2.61. The summed E-state index contributed by atoms with van der Waals surface area (Å²) in [6, 6.07) is 18.5. The zero-order valence-electron chi connectivity index (χ0n) is 27.4. The molecule has 1 spiro atoms. The maximum absolute atomic E-state index is 15.6. The van der Waals surface area contributed by atoms with Crippen LogP contribution in [0, 0.1) is 11.7 Å². The number of anilines is 1. The standard InChI is InChI=1S/C36H42ClFN4O6S/c1-47-35(44)41-33(32(25-16-20-48-21-17-25)24-10-12-26(37)13-11-24)34(43)40-31-9-5-8-30(38)29(31)15-14-27-22-39-23-36(18-19-36)42(27)49(45,46)28-6-3-2-4-7-28/h2-13,25,27,32-33,39H,14-23H2,1H3,(H,40,43)(H,41,44). The van der Waals surface area contributed by atoms with E-state index in [-0.39, 0.29) is 28.5 Å². The summed E-state index contributed by atoms with van der Waals surface area (Å²) in [4.78, 5) is 27.1. The maximum atomic E-state index is 15.6. The highest BCUT2D eigenvalue weighted by molar-refractivity contribution is 7.89. The Labute approximate surface area is 291 Å². The number of benzene rings is 3. The van der Waals surface area contributed by atoms with E-state index in [1.807, 2.05) is 12.1 Å². The number of ether oxygens (including phenoxy) is 2. The Bertz CT molecular complexity index is 1740. The number of nitrogens with one attached hydrogen (secondary N) is 3. The molecule has 3 fully saturated rings. The Kier molecular flexibility index (Phi) is 10.9. The lowest BCUT2D eigenvalue weighted by atomic mass is 9.76. The lowest BCUT2D eigenvalue weighted by Gasteiger charge is -2.42. The normalized spacial score (nSPS) is 20.7. The predicted molar refractivity (Wildman–Crippen MR) is 185 cm³/mol. The van der Waals surface area contributed by atoms with Crippen LogP contribution in [0.25, 0.3) is 0 Å². The van der Waals surface area contributed by atoms with Gasteiger partial charge in [-0.25, -0.2) is 17.6 Å². The maximum Gasteiger partial charge on any atom is 0.407 e. The van der Waals surface area contributed by atoms with Crippen LogP contribution in [0.2, 0.25) is 5.02 Å². The molecular formula is C36H42ClFN4O6S. The summed E-state index contributed by atoms with van der Waals surface area (Å²) < 4.78 is 55.7. The molecule has 1 aliphatic carbocycles. The highest BCUT2D eigenvalue weighted by Crippen LogP contribution is 2.47. The molecule has 13 heteroatoms. The van der Waals surface area contributed by atoms with Gasteiger partial charge in [-0.1, -0.05) is 48.0 Å². The Morgan fingerprint density at radius 3 is 2.45 bits per heavy atom. The van der Waals surface area contributed by atoms with Crippen LogP contribution in [0.5, 0.6) is 0 Å². The number of rotatable bonds is 11. The first kappa shape index (κ1) is 35.3. The molecule has 2 saturated heterocycles. The number of carbonyl (C=O) groups is 2. The monoisotopic (exact) mass is 712 g/mol. The SMILES string of the molecule is COC(=O)NC(C(=O)Nc1cccc(F)c1CCC1CNCC2(CC2)N1S(=O)(=O)c1ccccc1)C(c1ccc(Cl)cc1)C1CCOCC1. The van der Waals surface area contributed by atoms with Crippen molar-refractivity contribution in [2.24, 2.45) is 5.92 Å². The van der Waals surface area contributed by atoms with Crippen molar-refractivity contribution in [1.82, 2.24) is 14.9 Å². The smallest absolute Gasteiger partial charge is 0.407 e. The van der Waals surface area contributed by atoms with Gasteiger partial charge >= 0.3 is 6.09 Å². The summed E-state index contributed by atoms with van der Waals surface area (Å²) in [5, 5.41) is 9.60. The number of alkyl carbamates (subject to hydrolysis) is 1. The zero-order valence-corrected chi connectivity index (χ0v) is 28.9. The predicted octanol–water partition coefficient (Wildman–Crippen LogP) is 5.48. The minimum atomic E-state index is -3.81. The van der Waals surface area contributed by atoms with Gasteiger partial charge in [0.2, 0.25) is 15.9 Å². The molecule has 3 aromatic carbocycles. The number of piperazine rings is 1. The molecule has 3 unspecified atom stereocenters. The molecule has 49 heavy (non-hydrogen) atoms. The van der Waals surface area contributed by atoms with Gasteiger partial charge < -0.3 is 25.4 Å². The molecule has 262 valence electrons. The van der Waals surface area contributed by atoms with Crippen molar-refractivity contribution >= 4 is 39.3 Å². The van der Waals surface area contributed by atoms with Crippen molar-refractivity contribution in [1.29, 1.82) is 0 Å². The second kappa shape index (κ2) is 15.1. The van der Waals surface area contributed by atoms with E-state index in [1.165, 1.54) is 19.2 Å². The van der Waals surface area contributed by atoms with Gasteiger partial charge in [-0.15, -0.1) is 0 Å². The topological polar surface area (TPSA) is 126 Å². The molecule has 0 radical (unpaired) electrons. The van der Waals surface area contributed by atoms with Crippen LogP contribution in [0.1, 0.15) is 49.1 Å². The summed E-state index contributed by atoms with van der Waals surface area (Å²) >= 11 is 6.20. The van der Waals surface area contributed by atoms with E-state index in [4.69, 9.17) is 21.1 Å². The second-order valence-corrected chi connectivity index (χ2v) is 15.3. The largest absolute Gasteiger partial charge is 0.453 e. The first-order valence-electron chi connectivity index (χ1n) is 16.7. The lowest BCUT2D eigenvalue weighted by molar-refractivity contribution is -0.119. The van der Waals surface area contributed by atoms with Gasteiger partial charge in [0.1, 0.15) is 11.9 Å². The molecule has 10 nitrogen and oxygen atoms in total. The summed E-state index contributed by atoms with van der Waals surface area (Å²) in [5.74, 6) is -1.53. The van der Waals surface area contributed by atoms with Crippen LogP contribution in [-0.2, 0) is 30.7 Å². The quantitative estimate of drug-likeness (QED) is 0.241. The molecule has 2 heterocycles. The number of amides is 2. The van der Waals surface area contributed by atoms with Crippen molar-refractivity contribution in [3.05, 3.63) is 94.8 Å². The molecule has 2 amide bonds. The fourth-order valence-electron chi connectivity index (χ4n) is 7.39. The molecular weight excluding hydrogens is 671 g/mol. The van der Waals surface area contributed by atoms with E-state index in [9.17, 15) is 18.0 Å². The first-order chi connectivity index (χ1) is 23.6. The minimum Gasteiger partial charge on any atom is -0.453 e. The van der Waals surface area contributed by atoms with E-state index in [2.05, 4.69) is 16.0 Å². The molecule has 6 rings (SSSR count). The number of carbonyl (C=O) groups excluding carboxylic acids is 2. The van der Waals surface area contributed by atoms with E-state index in [0.29, 0.717) is 50.6 Å². The van der Waals surface area contributed by atoms with Gasteiger partial charge in [0.15, 0.2) is 0 Å². The zero-order chi connectivity index (χ0) is 34.6. The van der Waals surface area contributed by atoms with E-state index in [0.717, 1.165) is 18.4 Å². The molecule has 3 N–H and O–H groups in total. The molecule has 3 aromatic rings. The average molecular weight is 713 g/mol. The van der Waals surface area contributed by atoms with Gasteiger partial charge in [0, 0.05) is 60.1 Å². The molecule has 3 atom stereocenters. The highest BCUT2D eigenvalue weighted by Gasteiger charge is 2.57. The van der Waals surface area contributed by atoms with Gasteiger partial charge in [-0.2, -0.15) is 4.31 Å². The van der Waals surface area contributed by atoms with Crippen molar-refractivity contribution in [2.75, 3.05) is 38.7 Å². The number of nitrogens with zero attached hydrogens (tertiary/aromatic N) is 1. The van der Waals surface area contributed by atoms with Crippen molar-refractivity contribution in [3.63, 3.8) is 0 Å².